The van der Waals surface area contributed by atoms with Crippen LogP contribution in [-0.2, 0) is 17.9 Å². The van der Waals surface area contributed by atoms with Crippen molar-refractivity contribution in [2.75, 3.05) is 6.61 Å². The standard InChI is InChI=1S/C17H28N4OSi/c1-5-6-7-17-20-13-16(15-12-18-8-9-19-15)21(17)14-22-10-11-23(2,3)4/h8-9,12-13H,5-7,10-11,14H2,1-4H3. The Morgan fingerprint density at radius 1 is 1.13 bits per heavy atom. The summed E-state index contributed by atoms with van der Waals surface area (Å²) in [6, 6.07) is 1.17. The molecule has 2 heterocycles. The van der Waals surface area contributed by atoms with Gasteiger partial charge in [0, 0.05) is 33.5 Å². The second-order valence-corrected chi connectivity index (χ2v) is 12.7. The highest BCUT2D eigenvalue weighted by molar-refractivity contribution is 6.76. The van der Waals surface area contributed by atoms with Crippen molar-refractivity contribution in [2.45, 2.75) is 58.6 Å². The average molecular weight is 333 g/mol. The smallest absolute Gasteiger partial charge is 0.124 e. The molecule has 0 radical (unpaired) electrons. The van der Waals surface area contributed by atoms with Gasteiger partial charge in [-0.25, -0.2) is 4.98 Å². The first kappa shape index (κ1) is 17.8. The van der Waals surface area contributed by atoms with Crippen LogP contribution in [0.5, 0.6) is 0 Å². The number of imidazole rings is 1. The molecule has 0 amide bonds. The Kier molecular flexibility index (Phi) is 6.47. The molecule has 126 valence electrons. The number of aryl methyl sites for hydroxylation is 1. The first-order chi connectivity index (χ1) is 11.0. The van der Waals surface area contributed by atoms with Crippen molar-refractivity contribution in [3.8, 4) is 11.4 Å². The molecule has 0 aliphatic rings. The molecule has 6 heteroatoms. The molecule has 0 fully saturated rings. The zero-order valence-electron chi connectivity index (χ0n) is 14.7. The van der Waals surface area contributed by atoms with Gasteiger partial charge in [0.1, 0.15) is 18.2 Å². The quantitative estimate of drug-likeness (QED) is 0.514. The molecule has 2 aromatic rings. The van der Waals surface area contributed by atoms with E-state index in [0.29, 0.717) is 6.73 Å². The van der Waals surface area contributed by atoms with Gasteiger partial charge in [0.25, 0.3) is 0 Å². The van der Waals surface area contributed by atoms with Gasteiger partial charge >= 0.3 is 0 Å². The Morgan fingerprint density at radius 3 is 2.61 bits per heavy atom. The van der Waals surface area contributed by atoms with E-state index in [0.717, 1.165) is 43.1 Å². The molecule has 2 aromatic heterocycles. The molecule has 0 saturated heterocycles. The van der Waals surface area contributed by atoms with Crippen LogP contribution >= 0.6 is 0 Å². The molecule has 0 spiro atoms. The molecule has 0 atom stereocenters. The third kappa shape index (κ3) is 5.55. The average Bonchev–Trinajstić information content (AvgIpc) is 2.92. The van der Waals surface area contributed by atoms with Crippen LogP contribution in [-0.4, -0.2) is 34.2 Å². The van der Waals surface area contributed by atoms with Gasteiger partial charge in [-0.15, -0.1) is 0 Å². The van der Waals surface area contributed by atoms with Crippen LogP contribution in [0.3, 0.4) is 0 Å². The van der Waals surface area contributed by atoms with Crippen molar-refractivity contribution in [1.82, 2.24) is 19.5 Å². The molecular weight excluding hydrogens is 304 g/mol. The van der Waals surface area contributed by atoms with Gasteiger partial charge in [-0.1, -0.05) is 33.0 Å². The second kappa shape index (κ2) is 8.36. The molecule has 5 nitrogen and oxygen atoms in total. The van der Waals surface area contributed by atoms with Gasteiger partial charge in [-0.05, 0) is 12.5 Å². The summed E-state index contributed by atoms with van der Waals surface area (Å²) in [6.07, 6.45) is 10.3. The zero-order chi connectivity index (χ0) is 16.7. The summed E-state index contributed by atoms with van der Waals surface area (Å²) < 4.78 is 8.09. The number of ether oxygens (including phenoxy) is 1. The summed E-state index contributed by atoms with van der Waals surface area (Å²) in [5.74, 6) is 1.07. The fourth-order valence-electron chi connectivity index (χ4n) is 2.26. The number of hydrogen-bond acceptors (Lipinski definition) is 4. The lowest BCUT2D eigenvalue weighted by atomic mass is 10.2. The van der Waals surface area contributed by atoms with Crippen LogP contribution < -0.4 is 0 Å². The maximum absolute atomic E-state index is 5.95. The topological polar surface area (TPSA) is 52.8 Å². The van der Waals surface area contributed by atoms with E-state index < -0.39 is 8.07 Å². The predicted octanol–water partition coefficient (Wildman–Crippen LogP) is 4.00. The molecule has 0 bridgehead atoms. The number of unbranched alkanes of at least 4 members (excludes halogenated alkanes) is 1. The van der Waals surface area contributed by atoms with E-state index >= 15 is 0 Å². The van der Waals surface area contributed by atoms with E-state index in [1.807, 2.05) is 6.20 Å². The lowest BCUT2D eigenvalue weighted by Gasteiger charge is -2.17. The predicted molar refractivity (Wildman–Crippen MR) is 96.0 cm³/mol. The van der Waals surface area contributed by atoms with E-state index in [4.69, 9.17) is 4.74 Å². The van der Waals surface area contributed by atoms with Crippen molar-refractivity contribution in [3.63, 3.8) is 0 Å². The Bertz CT molecular complexity index is 592. The summed E-state index contributed by atoms with van der Waals surface area (Å²) in [6.45, 7) is 10.6. The fraction of sp³-hybridized carbons (Fsp3) is 0.588. The number of nitrogens with zero attached hydrogens (tertiary/aromatic N) is 4. The van der Waals surface area contributed by atoms with Crippen LogP contribution in [0.2, 0.25) is 25.7 Å². The lowest BCUT2D eigenvalue weighted by Crippen LogP contribution is -2.22. The maximum Gasteiger partial charge on any atom is 0.124 e. The monoisotopic (exact) mass is 332 g/mol. The van der Waals surface area contributed by atoms with Crippen LogP contribution in [0, 0.1) is 0 Å². The Balaban J connectivity index is 2.11. The van der Waals surface area contributed by atoms with Gasteiger partial charge in [0.15, 0.2) is 0 Å². The molecule has 0 aliphatic carbocycles. The first-order valence-electron chi connectivity index (χ1n) is 8.40. The van der Waals surface area contributed by atoms with Crippen molar-refractivity contribution < 1.29 is 4.74 Å². The molecular formula is C17H28N4OSi. The molecule has 0 unspecified atom stereocenters. The lowest BCUT2D eigenvalue weighted by molar-refractivity contribution is 0.0861. The Morgan fingerprint density at radius 2 is 1.96 bits per heavy atom. The SMILES string of the molecule is CCCCc1ncc(-c2cnccn2)n1COCC[Si](C)(C)C. The number of aromatic nitrogens is 4. The number of rotatable bonds is 9. The second-order valence-electron chi connectivity index (χ2n) is 7.03. The maximum atomic E-state index is 5.95. The van der Waals surface area contributed by atoms with Gasteiger partial charge in [0.2, 0.25) is 0 Å². The number of hydrogen-bond donors (Lipinski definition) is 0. The van der Waals surface area contributed by atoms with Crippen molar-refractivity contribution in [2.24, 2.45) is 0 Å². The van der Waals surface area contributed by atoms with Gasteiger partial charge in [-0.3, -0.25) is 9.97 Å². The van der Waals surface area contributed by atoms with Crippen LogP contribution in [0.4, 0.5) is 0 Å². The zero-order valence-corrected chi connectivity index (χ0v) is 15.7. The highest BCUT2D eigenvalue weighted by Crippen LogP contribution is 2.19. The van der Waals surface area contributed by atoms with Crippen LogP contribution in [0.1, 0.15) is 25.6 Å². The van der Waals surface area contributed by atoms with E-state index in [9.17, 15) is 0 Å². The highest BCUT2D eigenvalue weighted by atomic mass is 28.3. The van der Waals surface area contributed by atoms with Crippen molar-refractivity contribution in [3.05, 3.63) is 30.6 Å². The molecule has 0 aliphatic heterocycles. The molecule has 0 aromatic carbocycles. The third-order valence-electron chi connectivity index (χ3n) is 3.73. The van der Waals surface area contributed by atoms with E-state index in [1.165, 1.54) is 6.04 Å². The summed E-state index contributed by atoms with van der Waals surface area (Å²) in [5, 5.41) is 0. The summed E-state index contributed by atoms with van der Waals surface area (Å²) in [4.78, 5) is 13.1. The molecule has 0 N–H and O–H groups in total. The van der Waals surface area contributed by atoms with Crippen molar-refractivity contribution in [1.29, 1.82) is 0 Å². The Labute approximate surface area is 140 Å². The summed E-state index contributed by atoms with van der Waals surface area (Å²) in [7, 11) is -1.06. The normalized spacial score (nSPS) is 11.8. The molecule has 0 saturated carbocycles. The fourth-order valence-corrected chi connectivity index (χ4v) is 3.02. The van der Waals surface area contributed by atoms with Crippen LogP contribution in [0.15, 0.2) is 24.8 Å². The van der Waals surface area contributed by atoms with Gasteiger partial charge in [0.05, 0.1) is 18.1 Å². The van der Waals surface area contributed by atoms with E-state index in [2.05, 4.69) is 46.1 Å². The highest BCUT2D eigenvalue weighted by Gasteiger charge is 2.15. The van der Waals surface area contributed by atoms with Gasteiger partial charge < -0.3 is 9.30 Å². The minimum absolute atomic E-state index is 0.537. The third-order valence-corrected chi connectivity index (χ3v) is 5.44. The van der Waals surface area contributed by atoms with Crippen LogP contribution in [0.25, 0.3) is 11.4 Å². The van der Waals surface area contributed by atoms with Crippen molar-refractivity contribution >= 4 is 8.07 Å². The summed E-state index contributed by atoms with van der Waals surface area (Å²) in [5.41, 5.74) is 1.83. The Hall–Kier alpha value is -1.53. The molecule has 2 rings (SSSR count). The van der Waals surface area contributed by atoms with E-state index in [1.54, 1.807) is 18.6 Å². The summed E-state index contributed by atoms with van der Waals surface area (Å²) >= 11 is 0. The molecule has 23 heavy (non-hydrogen) atoms. The minimum Gasteiger partial charge on any atom is -0.361 e. The van der Waals surface area contributed by atoms with E-state index in [-0.39, 0.29) is 0 Å². The van der Waals surface area contributed by atoms with Gasteiger partial charge in [-0.2, -0.15) is 0 Å². The first-order valence-corrected chi connectivity index (χ1v) is 12.1. The minimum atomic E-state index is -1.06. The largest absolute Gasteiger partial charge is 0.361 e.